The fourth-order valence-electron chi connectivity index (χ4n) is 3.83. The number of benzene rings is 1. The average Bonchev–Trinajstić information content (AvgIpc) is 3.12. The van der Waals surface area contributed by atoms with E-state index in [0.29, 0.717) is 29.0 Å². The number of esters is 1. The van der Waals surface area contributed by atoms with Crippen LogP contribution in [0.1, 0.15) is 32.1 Å². The van der Waals surface area contributed by atoms with Gasteiger partial charge >= 0.3 is 5.97 Å². The third-order valence-corrected chi connectivity index (χ3v) is 5.72. The average molecular weight is 356 g/mol. The quantitative estimate of drug-likeness (QED) is 0.801. The SMILES string of the molecule is O=C(COC(=O)CC1CC2CCC1C2)Nc1cccc(Cl)c1Cl. The van der Waals surface area contributed by atoms with Crippen LogP contribution in [0.3, 0.4) is 0 Å². The van der Waals surface area contributed by atoms with Gasteiger partial charge in [-0.05, 0) is 49.1 Å². The summed E-state index contributed by atoms with van der Waals surface area (Å²) in [4.78, 5) is 23.8. The van der Waals surface area contributed by atoms with Crippen molar-refractivity contribution in [2.75, 3.05) is 11.9 Å². The second-order valence-electron chi connectivity index (χ2n) is 6.45. The molecule has 23 heavy (non-hydrogen) atoms. The second kappa shape index (κ2) is 7.10. The first kappa shape index (κ1) is 16.6. The van der Waals surface area contributed by atoms with Crippen LogP contribution in [0, 0.1) is 17.8 Å². The molecule has 0 heterocycles. The van der Waals surface area contributed by atoms with Gasteiger partial charge in [-0.1, -0.05) is 35.7 Å². The zero-order valence-electron chi connectivity index (χ0n) is 12.7. The van der Waals surface area contributed by atoms with Crippen molar-refractivity contribution >= 4 is 40.8 Å². The summed E-state index contributed by atoms with van der Waals surface area (Å²) in [5.41, 5.74) is 0.410. The Kier molecular flexibility index (Phi) is 5.12. The molecular formula is C17H19Cl2NO3. The molecule has 3 rings (SSSR count). The Balaban J connectivity index is 1.43. The van der Waals surface area contributed by atoms with Gasteiger partial charge in [0.2, 0.25) is 0 Å². The largest absolute Gasteiger partial charge is 0.456 e. The molecule has 0 spiro atoms. The fourth-order valence-corrected chi connectivity index (χ4v) is 4.18. The van der Waals surface area contributed by atoms with Gasteiger partial charge in [0.15, 0.2) is 6.61 Å². The molecule has 2 aliphatic carbocycles. The van der Waals surface area contributed by atoms with E-state index < -0.39 is 5.91 Å². The minimum Gasteiger partial charge on any atom is -0.456 e. The van der Waals surface area contributed by atoms with E-state index in [1.807, 2.05) is 0 Å². The Labute approximate surface area is 145 Å². The van der Waals surface area contributed by atoms with Crippen LogP contribution in [0.25, 0.3) is 0 Å². The Hall–Kier alpha value is -1.26. The molecule has 1 aromatic carbocycles. The number of carbonyl (C=O) groups excluding carboxylic acids is 2. The fraction of sp³-hybridized carbons (Fsp3) is 0.529. The van der Waals surface area contributed by atoms with Gasteiger partial charge < -0.3 is 10.1 Å². The molecule has 6 heteroatoms. The predicted octanol–water partition coefficient (Wildman–Crippen LogP) is 4.30. The van der Waals surface area contributed by atoms with E-state index in [9.17, 15) is 9.59 Å². The highest BCUT2D eigenvalue weighted by molar-refractivity contribution is 6.43. The first-order valence-corrected chi connectivity index (χ1v) is 8.68. The smallest absolute Gasteiger partial charge is 0.306 e. The van der Waals surface area contributed by atoms with E-state index in [-0.39, 0.29) is 17.6 Å². The molecule has 2 aliphatic rings. The molecule has 0 aromatic heterocycles. The molecule has 124 valence electrons. The van der Waals surface area contributed by atoms with Gasteiger partial charge in [-0.25, -0.2) is 0 Å². The number of amides is 1. The Morgan fingerprint density at radius 1 is 1.22 bits per heavy atom. The van der Waals surface area contributed by atoms with Crippen molar-refractivity contribution in [3.8, 4) is 0 Å². The number of rotatable bonds is 5. The predicted molar refractivity (Wildman–Crippen MR) is 89.6 cm³/mol. The normalized spacial score (nSPS) is 25.4. The van der Waals surface area contributed by atoms with E-state index in [1.165, 1.54) is 19.3 Å². The number of hydrogen-bond acceptors (Lipinski definition) is 3. The van der Waals surface area contributed by atoms with Crippen molar-refractivity contribution in [1.29, 1.82) is 0 Å². The highest BCUT2D eigenvalue weighted by atomic mass is 35.5. The van der Waals surface area contributed by atoms with Gasteiger partial charge in [0.1, 0.15) is 0 Å². The number of nitrogens with one attached hydrogen (secondary N) is 1. The van der Waals surface area contributed by atoms with Crippen LogP contribution in [0.15, 0.2) is 18.2 Å². The molecule has 2 fully saturated rings. The lowest BCUT2D eigenvalue weighted by molar-refractivity contribution is -0.148. The van der Waals surface area contributed by atoms with E-state index in [4.69, 9.17) is 27.9 Å². The summed E-state index contributed by atoms with van der Waals surface area (Å²) >= 11 is 11.9. The van der Waals surface area contributed by atoms with E-state index >= 15 is 0 Å². The van der Waals surface area contributed by atoms with Crippen LogP contribution in [0.5, 0.6) is 0 Å². The summed E-state index contributed by atoms with van der Waals surface area (Å²) in [6.45, 7) is -0.303. The van der Waals surface area contributed by atoms with Crippen LogP contribution < -0.4 is 5.32 Å². The second-order valence-corrected chi connectivity index (χ2v) is 7.23. The van der Waals surface area contributed by atoms with Crippen LogP contribution in [-0.4, -0.2) is 18.5 Å². The number of fused-ring (bicyclic) bond motifs is 2. The van der Waals surface area contributed by atoms with E-state index in [0.717, 1.165) is 12.3 Å². The molecule has 2 saturated carbocycles. The number of halogens is 2. The number of ether oxygens (including phenoxy) is 1. The third kappa shape index (κ3) is 3.99. The lowest BCUT2D eigenvalue weighted by atomic mass is 9.86. The van der Waals surface area contributed by atoms with Gasteiger partial charge in [-0.3, -0.25) is 9.59 Å². The van der Waals surface area contributed by atoms with Crippen LogP contribution in [0.4, 0.5) is 5.69 Å². The summed E-state index contributed by atoms with van der Waals surface area (Å²) in [5.74, 6) is 1.19. The highest BCUT2D eigenvalue weighted by Crippen LogP contribution is 2.49. The maximum absolute atomic E-state index is 11.9. The number of anilines is 1. The summed E-state index contributed by atoms with van der Waals surface area (Å²) in [5, 5.41) is 3.23. The summed E-state index contributed by atoms with van der Waals surface area (Å²) in [6.07, 6.45) is 5.34. The van der Waals surface area contributed by atoms with E-state index in [2.05, 4.69) is 5.32 Å². The lowest BCUT2D eigenvalue weighted by Gasteiger charge is -2.20. The monoisotopic (exact) mass is 355 g/mol. The molecule has 3 atom stereocenters. The van der Waals surface area contributed by atoms with Crippen molar-refractivity contribution in [3.63, 3.8) is 0 Å². The Morgan fingerprint density at radius 3 is 2.74 bits per heavy atom. The van der Waals surface area contributed by atoms with Crippen molar-refractivity contribution < 1.29 is 14.3 Å². The first-order chi connectivity index (χ1) is 11.0. The van der Waals surface area contributed by atoms with Gasteiger partial charge in [0, 0.05) is 6.42 Å². The topological polar surface area (TPSA) is 55.4 Å². The molecule has 0 aliphatic heterocycles. The molecule has 0 saturated heterocycles. The molecule has 1 aromatic rings. The van der Waals surface area contributed by atoms with Gasteiger partial charge in [-0.15, -0.1) is 0 Å². The van der Waals surface area contributed by atoms with Crippen LogP contribution in [0.2, 0.25) is 10.0 Å². The molecule has 4 nitrogen and oxygen atoms in total. The van der Waals surface area contributed by atoms with Crippen molar-refractivity contribution in [2.45, 2.75) is 32.1 Å². The maximum Gasteiger partial charge on any atom is 0.306 e. The lowest BCUT2D eigenvalue weighted by Crippen LogP contribution is -2.23. The van der Waals surface area contributed by atoms with Crippen LogP contribution >= 0.6 is 23.2 Å². The molecule has 0 radical (unpaired) electrons. The number of carbonyl (C=O) groups is 2. The van der Waals surface area contributed by atoms with Gasteiger partial charge in [-0.2, -0.15) is 0 Å². The molecule has 2 bridgehead atoms. The van der Waals surface area contributed by atoms with Crippen molar-refractivity contribution in [1.82, 2.24) is 0 Å². The highest BCUT2D eigenvalue weighted by Gasteiger charge is 2.40. The molecular weight excluding hydrogens is 337 g/mol. The van der Waals surface area contributed by atoms with Crippen molar-refractivity contribution in [3.05, 3.63) is 28.2 Å². The standard InChI is InChI=1S/C17H19Cl2NO3/c18-13-2-1-3-14(17(13)19)20-15(21)9-23-16(22)8-12-7-10-4-5-11(12)6-10/h1-3,10-12H,4-9H2,(H,20,21). The Bertz CT molecular complexity index is 620. The summed E-state index contributed by atoms with van der Waals surface area (Å²) < 4.78 is 5.09. The zero-order chi connectivity index (χ0) is 16.4. The third-order valence-electron chi connectivity index (χ3n) is 4.90. The maximum atomic E-state index is 11.9. The summed E-state index contributed by atoms with van der Waals surface area (Å²) in [7, 11) is 0. The number of hydrogen-bond donors (Lipinski definition) is 1. The van der Waals surface area contributed by atoms with Crippen LogP contribution in [-0.2, 0) is 14.3 Å². The molecule has 3 unspecified atom stereocenters. The Morgan fingerprint density at radius 2 is 2.04 bits per heavy atom. The molecule has 1 N–H and O–H groups in total. The van der Waals surface area contributed by atoms with E-state index in [1.54, 1.807) is 18.2 Å². The van der Waals surface area contributed by atoms with Gasteiger partial charge in [0.05, 0.1) is 15.7 Å². The first-order valence-electron chi connectivity index (χ1n) is 7.92. The zero-order valence-corrected chi connectivity index (χ0v) is 14.2. The minimum absolute atomic E-state index is 0.274. The summed E-state index contributed by atoms with van der Waals surface area (Å²) in [6, 6.07) is 4.96. The molecule has 1 amide bonds. The van der Waals surface area contributed by atoms with Crippen molar-refractivity contribution in [2.24, 2.45) is 17.8 Å². The minimum atomic E-state index is -0.421. The van der Waals surface area contributed by atoms with Gasteiger partial charge in [0.25, 0.3) is 5.91 Å².